The van der Waals surface area contributed by atoms with E-state index in [9.17, 15) is 4.79 Å². The van der Waals surface area contributed by atoms with Crippen LogP contribution < -0.4 is 0 Å². The van der Waals surface area contributed by atoms with Crippen LogP contribution in [0.4, 0.5) is 0 Å². The quantitative estimate of drug-likeness (QED) is 0.506. The smallest absolute Gasteiger partial charge is 0.125 e. The molecule has 0 spiro atoms. The van der Waals surface area contributed by atoms with Crippen LogP contribution in [0.25, 0.3) is 0 Å². The van der Waals surface area contributed by atoms with Crippen LogP contribution in [0.5, 0.6) is 0 Å². The highest BCUT2D eigenvalue weighted by Gasteiger charge is 2.04. The van der Waals surface area contributed by atoms with Crippen LogP contribution in [-0.2, 0) is 4.79 Å². The van der Waals surface area contributed by atoms with Crippen LogP contribution in [-0.4, -0.2) is 17.5 Å². The number of aliphatic hydroxyl groups excluding tert-OH is 1. The molecule has 0 amide bonds. The van der Waals surface area contributed by atoms with Crippen molar-refractivity contribution in [3.63, 3.8) is 0 Å². The summed E-state index contributed by atoms with van der Waals surface area (Å²) in [6.45, 7) is 3.27. The number of aldehydes is 1. The highest BCUT2D eigenvalue weighted by Crippen LogP contribution is 1.94. The molecule has 0 aliphatic rings. The number of rotatable bonds is 2. The number of hydrogen-bond acceptors (Lipinski definition) is 2. The third kappa shape index (κ3) is 2.34. The second kappa shape index (κ2) is 2.75. The molecular formula is C5H10O2. The molecule has 0 aliphatic carbocycles. The lowest BCUT2D eigenvalue weighted by molar-refractivity contribution is -0.113. The third-order valence-electron chi connectivity index (χ3n) is 0.976. The summed E-state index contributed by atoms with van der Waals surface area (Å²) in [6.07, 6.45) is 0.238. The number of aliphatic hydroxyl groups is 1. The Labute approximate surface area is 43.2 Å². The van der Waals surface area contributed by atoms with Gasteiger partial charge in [0.1, 0.15) is 6.29 Å². The fourth-order valence-corrected chi connectivity index (χ4v) is 0.114. The molecule has 0 heterocycles. The first kappa shape index (κ1) is 6.63. The third-order valence-corrected chi connectivity index (χ3v) is 0.976. The van der Waals surface area contributed by atoms with Crippen molar-refractivity contribution in [1.82, 2.24) is 0 Å². The van der Waals surface area contributed by atoms with Crippen molar-refractivity contribution in [2.75, 3.05) is 0 Å². The normalized spacial score (nSPS) is 18.1. The molecule has 0 aliphatic heterocycles. The molecule has 2 nitrogen and oxygen atoms in total. The second-order valence-corrected chi connectivity index (χ2v) is 1.74. The van der Waals surface area contributed by atoms with Gasteiger partial charge in [0.05, 0.1) is 6.10 Å². The van der Waals surface area contributed by atoms with Crippen molar-refractivity contribution < 1.29 is 9.90 Å². The average molecular weight is 102 g/mol. The standard InChI is InChI=1S/C5H10O2/c1-4(3-6)5(2)7/h3-5,7H,1-2H3/t4-,5+/m1/s1. The van der Waals surface area contributed by atoms with Crippen molar-refractivity contribution in [2.45, 2.75) is 20.0 Å². The Morgan fingerprint density at radius 2 is 2.00 bits per heavy atom. The van der Waals surface area contributed by atoms with Gasteiger partial charge in [-0.15, -0.1) is 0 Å². The summed E-state index contributed by atoms with van der Waals surface area (Å²) in [5.74, 6) is -0.222. The fraction of sp³-hybridized carbons (Fsp3) is 0.800. The van der Waals surface area contributed by atoms with Gasteiger partial charge in [0.15, 0.2) is 0 Å². The number of carbonyl (C=O) groups excluding carboxylic acids is 1. The predicted octanol–water partition coefficient (Wildman–Crippen LogP) is 0.202. The SMILES string of the molecule is C[C@H](O)[C@H](C)C=O. The van der Waals surface area contributed by atoms with Crippen LogP contribution in [0.2, 0.25) is 0 Å². The van der Waals surface area contributed by atoms with Crippen molar-refractivity contribution in [3.8, 4) is 0 Å². The summed E-state index contributed by atoms with van der Waals surface area (Å²) >= 11 is 0. The van der Waals surface area contributed by atoms with Crippen molar-refractivity contribution in [2.24, 2.45) is 5.92 Å². The van der Waals surface area contributed by atoms with Crippen LogP contribution >= 0.6 is 0 Å². The Morgan fingerprint density at radius 1 is 1.57 bits per heavy atom. The first-order valence-corrected chi connectivity index (χ1v) is 2.32. The molecule has 0 fully saturated rings. The van der Waals surface area contributed by atoms with Crippen LogP contribution in [0.15, 0.2) is 0 Å². The first-order valence-electron chi connectivity index (χ1n) is 2.32. The molecule has 1 N–H and O–H groups in total. The highest BCUT2D eigenvalue weighted by atomic mass is 16.3. The summed E-state index contributed by atoms with van der Waals surface area (Å²) < 4.78 is 0. The molecule has 42 valence electrons. The maximum Gasteiger partial charge on any atom is 0.125 e. The van der Waals surface area contributed by atoms with E-state index < -0.39 is 6.10 Å². The molecule has 7 heavy (non-hydrogen) atoms. The maximum atomic E-state index is 9.79. The average Bonchev–Trinajstić information content (AvgIpc) is 1.65. The Balaban J connectivity index is 3.33. The fourth-order valence-electron chi connectivity index (χ4n) is 0.114. The van der Waals surface area contributed by atoms with E-state index in [-0.39, 0.29) is 5.92 Å². The minimum atomic E-state index is -0.502. The van der Waals surface area contributed by atoms with Gasteiger partial charge in [0.25, 0.3) is 0 Å². The van der Waals surface area contributed by atoms with E-state index in [1.165, 1.54) is 0 Å². The van der Waals surface area contributed by atoms with E-state index in [4.69, 9.17) is 5.11 Å². The van der Waals surface area contributed by atoms with E-state index in [2.05, 4.69) is 0 Å². The molecule has 2 heteroatoms. The van der Waals surface area contributed by atoms with Gasteiger partial charge in [-0.3, -0.25) is 0 Å². The molecule has 0 aromatic carbocycles. The van der Waals surface area contributed by atoms with Crippen molar-refractivity contribution >= 4 is 6.29 Å². The summed E-state index contributed by atoms with van der Waals surface area (Å²) in [4.78, 5) is 9.79. The minimum absolute atomic E-state index is 0.222. The van der Waals surface area contributed by atoms with Gasteiger partial charge in [-0.1, -0.05) is 6.92 Å². The van der Waals surface area contributed by atoms with Gasteiger partial charge in [-0.05, 0) is 6.92 Å². The summed E-state index contributed by atoms with van der Waals surface area (Å²) in [5, 5.41) is 8.59. The molecule has 0 saturated heterocycles. The highest BCUT2D eigenvalue weighted by molar-refractivity contribution is 5.53. The number of carbonyl (C=O) groups is 1. The van der Waals surface area contributed by atoms with Crippen molar-refractivity contribution in [1.29, 1.82) is 0 Å². The molecular weight excluding hydrogens is 92.1 g/mol. The monoisotopic (exact) mass is 102 g/mol. The van der Waals surface area contributed by atoms with Gasteiger partial charge in [0, 0.05) is 5.92 Å². The topological polar surface area (TPSA) is 37.3 Å². The lowest BCUT2D eigenvalue weighted by Crippen LogP contribution is -2.13. The molecule has 0 rings (SSSR count). The Hall–Kier alpha value is -0.370. The van der Waals surface area contributed by atoms with Crippen LogP contribution in [0.3, 0.4) is 0 Å². The van der Waals surface area contributed by atoms with E-state index in [0.29, 0.717) is 0 Å². The number of hydrogen-bond donors (Lipinski definition) is 1. The van der Waals surface area contributed by atoms with E-state index in [0.717, 1.165) is 6.29 Å². The summed E-state index contributed by atoms with van der Waals surface area (Å²) in [7, 11) is 0. The van der Waals surface area contributed by atoms with Gasteiger partial charge in [-0.2, -0.15) is 0 Å². The van der Waals surface area contributed by atoms with E-state index >= 15 is 0 Å². The Bertz CT molecular complexity index is 59.1. The zero-order chi connectivity index (χ0) is 5.86. The van der Waals surface area contributed by atoms with Crippen LogP contribution in [0.1, 0.15) is 13.8 Å². The second-order valence-electron chi connectivity index (χ2n) is 1.74. The largest absolute Gasteiger partial charge is 0.393 e. The van der Waals surface area contributed by atoms with Gasteiger partial charge in [-0.25, -0.2) is 0 Å². The lowest BCUT2D eigenvalue weighted by atomic mass is 10.1. The molecule has 0 radical (unpaired) electrons. The lowest BCUT2D eigenvalue weighted by Gasteiger charge is -2.03. The van der Waals surface area contributed by atoms with Gasteiger partial charge in [0.2, 0.25) is 0 Å². The Kier molecular flexibility index (Phi) is 2.60. The molecule has 0 aromatic rings. The van der Waals surface area contributed by atoms with Gasteiger partial charge >= 0.3 is 0 Å². The molecule has 2 atom stereocenters. The van der Waals surface area contributed by atoms with Crippen LogP contribution in [0, 0.1) is 5.92 Å². The zero-order valence-corrected chi connectivity index (χ0v) is 4.59. The maximum absolute atomic E-state index is 9.79. The molecule has 0 unspecified atom stereocenters. The summed E-state index contributed by atoms with van der Waals surface area (Å²) in [5.41, 5.74) is 0. The van der Waals surface area contributed by atoms with E-state index in [1.807, 2.05) is 0 Å². The molecule has 0 bridgehead atoms. The summed E-state index contributed by atoms with van der Waals surface area (Å²) in [6, 6.07) is 0. The predicted molar refractivity (Wildman–Crippen MR) is 26.9 cm³/mol. The zero-order valence-electron chi connectivity index (χ0n) is 4.59. The van der Waals surface area contributed by atoms with Gasteiger partial charge < -0.3 is 9.90 Å². The van der Waals surface area contributed by atoms with Crippen molar-refractivity contribution in [3.05, 3.63) is 0 Å². The molecule has 0 saturated carbocycles. The minimum Gasteiger partial charge on any atom is -0.393 e. The first-order chi connectivity index (χ1) is 3.18. The molecule has 0 aromatic heterocycles. The Morgan fingerprint density at radius 3 is 2.00 bits per heavy atom. The van der Waals surface area contributed by atoms with E-state index in [1.54, 1.807) is 13.8 Å².